The summed E-state index contributed by atoms with van der Waals surface area (Å²) in [5.74, 6) is -0.0281. The first-order valence-corrected chi connectivity index (χ1v) is 8.33. The zero-order valence-electron chi connectivity index (χ0n) is 14.3. The van der Waals surface area contributed by atoms with Crippen molar-refractivity contribution in [1.29, 1.82) is 0 Å². The average molecular weight is 346 g/mol. The number of para-hydroxylation sites is 2. The van der Waals surface area contributed by atoms with Crippen LogP contribution in [0.25, 0.3) is 0 Å². The fourth-order valence-electron chi connectivity index (χ4n) is 2.80. The van der Waals surface area contributed by atoms with Gasteiger partial charge in [0, 0.05) is 22.9 Å². The third kappa shape index (κ3) is 3.62. The maximum absolute atomic E-state index is 12.7. The lowest BCUT2D eigenvalue weighted by molar-refractivity contribution is -0.383. The van der Waals surface area contributed by atoms with E-state index in [1.165, 1.54) is 6.07 Å². The van der Waals surface area contributed by atoms with E-state index in [2.05, 4.69) is 5.32 Å². The number of nitrogens with one attached hydrogen (secondary N) is 1. The number of aryl methyl sites for hydroxylation is 1. The minimum Gasteiger partial charge on any atom is -0.350 e. The molecule has 0 amide bonds. The minimum absolute atomic E-state index is 0.00419. The number of ketones is 1. The van der Waals surface area contributed by atoms with Crippen molar-refractivity contribution in [2.75, 3.05) is 5.32 Å². The van der Waals surface area contributed by atoms with Crippen LogP contribution in [0.5, 0.6) is 0 Å². The smallest absolute Gasteiger partial charge is 0.292 e. The van der Waals surface area contributed by atoms with Crippen molar-refractivity contribution in [2.24, 2.45) is 0 Å². The van der Waals surface area contributed by atoms with Crippen molar-refractivity contribution in [3.63, 3.8) is 0 Å². The first-order chi connectivity index (χ1) is 12.6. The zero-order valence-corrected chi connectivity index (χ0v) is 14.3. The molecule has 0 unspecified atom stereocenters. The van der Waals surface area contributed by atoms with Gasteiger partial charge in [-0.3, -0.25) is 14.9 Å². The number of nitro benzene ring substituents is 1. The molecule has 0 saturated carbocycles. The molecule has 0 bridgehead atoms. The van der Waals surface area contributed by atoms with Gasteiger partial charge in [0.15, 0.2) is 5.78 Å². The molecular weight excluding hydrogens is 328 g/mol. The first-order valence-electron chi connectivity index (χ1n) is 8.33. The van der Waals surface area contributed by atoms with E-state index in [0.717, 1.165) is 12.0 Å². The Hall–Kier alpha value is -3.47. The van der Waals surface area contributed by atoms with Gasteiger partial charge in [0.2, 0.25) is 0 Å². The van der Waals surface area contributed by atoms with Crippen LogP contribution in [0.3, 0.4) is 0 Å². The Morgan fingerprint density at radius 1 is 0.962 bits per heavy atom. The summed E-state index contributed by atoms with van der Waals surface area (Å²) in [5.41, 5.74) is 3.39. The maximum Gasteiger partial charge on any atom is 0.292 e. The molecule has 5 nitrogen and oxygen atoms in total. The van der Waals surface area contributed by atoms with Crippen molar-refractivity contribution < 1.29 is 9.72 Å². The van der Waals surface area contributed by atoms with Crippen LogP contribution in [0.4, 0.5) is 17.1 Å². The number of benzene rings is 3. The second-order valence-electron chi connectivity index (χ2n) is 5.82. The maximum atomic E-state index is 12.7. The predicted molar refractivity (Wildman–Crippen MR) is 102 cm³/mol. The number of hydrogen-bond acceptors (Lipinski definition) is 4. The molecule has 0 aliphatic carbocycles. The molecule has 26 heavy (non-hydrogen) atoms. The number of hydrogen-bond donors (Lipinski definition) is 1. The highest BCUT2D eigenvalue weighted by atomic mass is 16.6. The van der Waals surface area contributed by atoms with Crippen molar-refractivity contribution in [2.45, 2.75) is 13.3 Å². The van der Waals surface area contributed by atoms with Gasteiger partial charge in [0.1, 0.15) is 5.69 Å². The van der Waals surface area contributed by atoms with Crippen LogP contribution in [0.1, 0.15) is 28.4 Å². The Morgan fingerprint density at radius 2 is 1.62 bits per heavy atom. The highest BCUT2D eigenvalue weighted by Gasteiger charge is 2.14. The third-order valence-corrected chi connectivity index (χ3v) is 4.17. The van der Waals surface area contributed by atoms with Crippen molar-refractivity contribution in [3.8, 4) is 0 Å². The monoisotopic (exact) mass is 346 g/mol. The van der Waals surface area contributed by atoms with Crippen LogP contribution in [0.15, 0.2) is 72.8 Å². The Labute approximate surface area is 151 Å². The number of anilines is 2. The molecule has 0 fully saturated rings. The fraction of sp³-hybridized carbons (Fsp3) is 0.0952. The zero-order chi connectivity index (χ0) is 18.5. The molecule has 0 radical (unpaired) electrons. The van der Waals surface area contributed by atoms with Crippen LogP contribution >= 0.6 is 0 Å². The summed E-state index contributed by atoms with van der Waals surface area (Å²) in [5, 5.41) is 14.1. The number of carbonyl (C=O) groups excluding carboxylic acids is 1. The van der Waals surface area contributed by atoms with Gasteiger partial charge in [0.25, 0.3) is 5.69 Å². The second kappa shape index (κ2) is 7.61. The Balaban J connectivity index is 1.83. The van der Waals surface area contributed by atoms with E-state index in [4.69, 9.17) is 0 Å². The molecule has 130 valence electrons. The van der Waals surface area contributed by atoms with E-state index in [1.807, 2.05) is 31.2 Å². The molecule has 0 spiro atoms. The van der Waals surface area contributed by atoms with E-state index in [1.54, 1.807) is 42.5 Å². The molecule has 0 heterocycles. The summed E-state index contributed by atoms with van der Waals surface area (Å²) in [7, 11) is 0. The topological polar surface area (TPSA) is 72.2 Å². The van der Waals surface area contributed by atoms with Gasteiger partial charge in [0.05, 0.1) is 4.92 Å². The van der Waals surface area contributed by atoms with E-state index in [0.29, 0.717) is 22.5 Å². The third-order valence-electron chi connectivity index (χ3n) is 4.17. The normalized spacial score (nSPS) is 10.3. The van der Waals surface area contributed by atoms with Gasteiger partial charge < -0.3 is 5.32 Å². The van der Waals surface area contributed by atoms with Gasteiger partial charge in [-0.05, 0) is 42.3 Å². The summed E-state index contributed by atoms with van der Waals surface area (Å²) in [6.07, 6.45) is 0.791. The lowest BCUT2D eigenvalue weighted by atomic mass is 9.97. The predicted octanol–water partition coefficient (Wildman–Crippen LogP) is 5.13. The molecule has 3 aromatic rings. The van der Waals surface area contributed by atoms with Crippen molar-refractivity contribution >= 4 is 22.8 Å². The molecule has 5 heteroatoms. The molecule has 0 saturated heterocycles. The Morgan fingerprint density at radius 3 is 2.31 bits per heavy atom. The molecule has 0 atom stereocenters. The Kier molecular flexibility index (Phi) is 5.08. The largest absolute Gasteiger partial charge is 0.350 e. The lowest BCUT2D eigenvalue weighted by Crippen LogP contribution is -2.05. The van der Waals surface area contributed by atoms with Crippen molar-refractivity contribution in [3.05, 3.63) is 99.6 Å². The van der Waals surface area contributed by atoms with Gasteiger partial charge >= 0.3 is 0 Å². The van der Waals surface area contributed by atoms with Crippen LogP contribution in [0, 0.1) is 10.1 Å². The van der Waals surface area contributed by atoms with Gasteiger partial charge in [-0.1, -0.05) is 43.3 Å². The molecule has 0 aliphatic rings. The minimum atomic E-state index is -0.429. The highest BCUT2D eigenvalue weighted by Crippen LogP contribution is 2.27. The van der Waals surface area contributed by atoms with Crippen LogP contribution in [-0.4, -0.2) is 10.7 Å². The van der Waals surface area contributed by atoms with E-state index >= 15 is 0 Å². The molecule has 3 aromatic carbocycles. The second-order valence-corrected chi connectivity index (χ2v) is 5.82. The number of rotatable bonds is 6. The molecule has 0 aliphatic heterocycles. The number of nitro groups is 1. The van der Waals surface area contributed by atoms with Gasteiger partial charge in [-0.15, -0.1) is 0 Å². The number of carbonyl (C=O) groups is 1. The molecule has 0 aromatic heterocycles. The highest BCUT2D eigenvalue weighted by molar-refractivity contribution is 6.10. The molecular formula is C21H18N2O3. The van der Waals surface area contributed by atoms with Crippen LogP contribution in [-0.2, 0) is 6.42 Å². The van der Waals surface area contributed by atoms with Gasteiger partial charge in [-0.2, -0.15) is 0 Å². The average Bonchev–Trinajstić information content (AvgIpc) is 2.68. The standard InChI is InChI=1S/C21H18N2O3/c1-2-15-7-3-4-8-18(15)21(24)16-11-13-17(14-12-16)22-19-9-5-6-10-20(19)23(25)26/h3-14,22H,2H2,1H3. The Bertz CT molecular complexity index is 949. The van der Waals surface area contributed by atoms with E-state index in [-0.39, 0.29) is 11.5 Å². The van der Waals surface area contributed by atoms with Gasteiger partial charge in [-0.25, -0.2) is 0 Å². The first kappa shape index (κ1) is 17.4. The number of nitrogens with zero attached hydrogens (tertiary/aromatic N) is 1. The fourth-order valence-corrected chi connectivity index (χ4v) is 2.80. The van der Waals surface area contributed by atoms with Crippen LogP contribution < -0.4 is 5.32 Å². The van der Waals surface area contributed by atoms with E-state index in [9.17, 15) is 14.9 Å². The quantitative estimate of drug-likeness (QED) is 0.381. The summed E-state index contributed by atoms with van der Waals surface area (Å²) in [4.78, 5) is 23.4. The summed E-state index contributed by atoms with van der Waals surface area (Å²) >= 11 is 0. The lowest BCUT2D eigenvalue weighted by Gasteiger charge is -2.09. The van der Waals surface area contributed by atoms with Crippen LogP contribution in [0.2, 0.25) is 0 Å². The molecule has 1 N–H and O–H groups in total. The summed E-state index contributed by atoms with van der Waals surface area (Å²) < 4.78 is 0. The molecule has 3 rings (SSSR count). The summed E-state index contributed by atoms with van der Waals surface area (Å²) in [6, 6.07) is 21.0. The van der Waals surface area contributed by atoms with E-state index < -0.39 is 4.92 Å². The summed E-state index contributed by atoms with van der Waals surface area (Å²) in [6.45, 7) is 2.02. The van der Waals surface area contributed by atoms with Crippen molar-refractivity contribution in [1.82, 2.24) is 0 Å². The SMILES string of the molecule is CCc1ccccc1C(=O)c1ccc(Nc2ccccc2[N+](=O)[O-])cc1.